The zero-order valence-electron chi connectivity index (χ0n) is 31.2. The van der Waals surface area contributed by atoms with Crippen molar-refractivity contribution < 1.29 is 25.5 Å². The van der Waals surface area contributed by atoms with Crippen LogP contribution in [0.3, 0.4) is 0 Å². The van der Waals surface area contributed by atoms with Gasteiger partial charge in [0, 0.05) is 38.2 Å². The lowest BCUT2D eigenvalue weighted by atomic mass is 9.82. The standard InChI is InChI=1S/C48H33N5O5/c1-48(2)33-17-9-6-14-27(33)30-22-25(20-21-34(30)48)45-49-46(39-40(54)42(56)44(58)43(57)41(39)55)51-47(50-45)53-36-19-11-8-16-29(36)32-23-31-28-15-7-10-18-35(28)52(37(31)24-38(32)53)26-12-4-3-5-13-26/h3-24,54-58H,1-2H3. The first-order valence-corrected chi connectivity index (χ1v) is 18.8. The molecule has 58 heavy (non-hydrogen) atoms. The number of phenolic OH excluding ortho intramolecular Hbond substituents is 5. The van der Waals surface area contributed by atoms with E-state index in [9.17, 15) is 25.5 Å². The van der Waals surface area contributed by atoms with Gasteiger partial charge in [-0.1, -0.05) is 105 Å². The quantitative estimate of drug-likeness (QED) is 0.0879. The summed E-state index contributed by atoms with van der Waals surface area (Å²) < 4.78 is 4.16. The van der Waals surface area contributed by atoms with E-state index in [0.29, 0.717) is 5.56 Å². The number of hydrogen-bond donors (Lipinski definition) is 5. The van der Waals surface area contributed by atoms with Crippen LogP contribution in [0.1, 0.15) is 25.0 Å². The Hall–Kier alpha value is -7.85. The fourth-order valence-electron chi connectivity index (χ4n) is 8.96. The van der Waals surface area contributed by atoms with Crippen molar-refractivity contribution in [1.29, 1.82) is 0 Å². The van der Waals surface area contributed by atoms with Gasteiger partial charge in [0.05, 0.1) is 22.1 Å². The third-order valence-electron chi connectivity index (χ3n) is 11.7. The molecule has 0 saturated carbocycles. The van der Waals surface area contributed by atoms with Crippen molar-refractivity contribution in [1.82, 2.24) is 24.1 Å². The molecule has 280 valence electrons. The monoisotopic (exact) mass is 759 g/mol. The predicted molar refractivity (Wildman–Crippen MR) is 225 cm³/mol. The molecular formula is C48H33N5O5. The molecule has 0 atom stereocenters. The Kier molecular flexibility index (Phi) is 6.83. The molecule has 5 N–H and O–H groups in total. The molecule has 0 bridgehead atoms. The van der Waals surface area contributed by atoms with E-state index in [0.717, 1.165) is 66.0 Å². The topological polar surface area (TPSA) is 150 Å². The van der Waals surface area contributed by atoms with Crippen LogP contribution in [0.5, 0.6) is 28.7 Å². The van der Waals surface area contributed by atoms with Crippen LogP contribution in [0.4, 0.5) is 0 Å². The van der Waals surface area contributed by atoms with Gasteiger partial charge < -0.3 is 30.1 Å². The second-order valence-corrected chi connectivity index (χ2v) is 15.3. The van der Waals surface area contributed by atoms with Crippen molar-refractivity contribution >= 4 is 43.6 Å². The molecule has 3 heterocycles. The van der Waals surface area contributed by atoms with Crippen LogP contribution in [-0.2, 0) is 5.41 Å². The third-order valence-corrected chi connectivity index (χ3v) is 11.7. The molecule has 0 radical (unpaired) electrons. The number of fused-ring (bicyclic) bond motifs is 9. The van der Waals surface area contributed by atoms with Crippen molar-refractivity contribution in [3.63, 3.8) is 0 Å². The summed E-state index contributed by atoms with van der Waals surface area (Å²) in [6, 6.07) is 45.1. The minimum Gasteiger partial charge on any atom is -0.504 e. The van der Waals surface area contributed by atoms with Crippen LogP contribution in [0, 0.1) is 0 Å². The lowest BCUT2D eigenvalue weighted by molar-refractivity contribution is 0.329. The molecule has 0 spiro atoms. The molecular weight excluding hydrogens is 727 g/mol. The van der Waals surface area contributed by atoms with Crippen molar-refractivity contribution in [3.05, 3.63) is 145 Å². The van der Waals surface area contributed by atoms with Crippen molar-refractivity contribution in [2.45, 2.75) is 19.3 Å². The van der Waals surface area contributed by atoms with E-state index >= 15 is 0 Å². The lowest BCUT2D eigenvalue weighted by Crippen LogP contribution is -2.14. The predicted octanol–water partition coefficient (Wildman–Crippen LogP) is 10.2. The molecule has 11 rings (SSSR count). The van der Waals surface area contributed by atoms with Crippen LogP contribution >= 0.6 is 0 Å². The molecule has 0 fully saturated rings. The van der Waals surface area contributed by atoms with Gasteiger partial charge in [-0.2, -0.15) is 9.97 Å². The smallest absolute Gasteiger partial charge is 0.238 e. The number of rotatable bonds is 4. The number of para-hydroxylation sites is 3. The highest BCUT2D eigenvalue weighted by atomic mass is 16.4. The lowest BCUT2D eigenvalue weighted by Gasteiger charge is -2.21. The number of aromatic hydroxyl groups is 5. The highest BCUT2D eigenvalue weighted by molar-refractivity contribution is 6.19. The Morgan fingerprint density at radius 3 is 1.69 bits per heavy atom. The molecule has 10 heteroatoms. The Morgan fingerprint density at radius 2 is 0.983 bits per heavy atom. The molecule has 7 aromatic carbocycles. The minimum absolute atomic E-state index is 0.153. The van der Waals surface area contributed by atoms with E-state index in [-0.39, 0.29) is 23.0 Å². The summed E-state index contributed by atoms with van der Waals surface area (Å²) in [6.07, 6.45) is 0. The van der Waals surface area contributed by atoms with Crippen LogP contribution in [0.25, 0.3) is 89.2 Å². The van der Waals surface area contributed by atoms with Crippen molar-refractivity contribution in [3.8, 4) is 74.3 Å². The van der Waals surface area contributed by atoms with E-state index in [2.05, 4.69) is 73.0 Å². The van der Waals surface area contributed by atoms with E-state index in [4.69, 9.17) is 15.0 Å². The highest BCUT2D eigenvalue weighted by Crippen LogP contribution is 2.55. The summed E-state index contributed by atoms with van der Waals surface area (Å²) in [6.45, 7) is 4.39. The number of aromatic nitrogens is 5. The largest absolute Gasteiger partial charge is 0.504 e. The van der Waals surface area contributed by atoms with Crippen LogP contribution in [-0.4, -0.2) is 49.6 Å². The van der Waals surface area contributed by atoms with Gasteiger partial charge in [0.1, 0.15) is 5.56 Å². The van der Waals surface area contributed by atoms with Crippen LogP contribution in [0.2, 0.25) is 0 Å². The Bertz CT molecular complexity index is 3360. The van der Waals surface area contributed by atoms with Gasteiger partial charge in [-0.05, 0) is 64.7 Å². The Morgan fingerprint density at radius 1 is 0.431 bits per heavy atom. The van der Waals surface area contributed by atoms with Gasteiger partial charge in [0.2, 0.25) is 23.2 Å². The number of benzene rings is 7. The maximum Gasteiger partial charge on any atom is 0.238 e. The van der Waals surface area contributed by atoms with Crippen molar-refractivity contribution in [2.24, 2.45) is 0 Å². The first-order chi connectivity index (χ1) is 28.1. The maximum atomic E-state index is 11.2. The van der Waals surface area contributed by atoms with Crippen molar-refractivity contribution in [2.75, 3.05) is 0 Å². The normalized spacial score (nSPS) is 13.1. The van der Waals surface area contributed by atoms with Gasteiger partial charge in [-0.15, -0.1) is 0 Å². The summed E-state index contributed by atoms with van der Waals surface area (Å²) in [5, 5.41) is 58.0. The fraction of sp³-hybridized carbons (Fsp3) is 0.0625. The molecule has 10 nitrogen and oxygen atoms in total. The fourth-order valence-corrected chi connectivity index (χ4v) is 8.96. The Balaban J connectivity index is 1.24. The summed E-state index contributed by atoms with van der Waals surface area (Å²) in [5.74, 6) is -4.83. The summed E-state index contributed by atoms with van der Waals surface area (Å²) in [7, 11) is 0. The van der Waals surface area contributed by atoms with Gasteiger partial charge in [-0.3, -0.25) is 4.57 Å². The average molecular weight is 760 g/mol. The number of nitrogens with zero attached hydrogens (tertiary/aromatic N) is 5. The van der Waals surface area contributed by atoms with Gasteiger partial charge in [-0.25, -0.2) is 4.98 Å². The summed E-state index contributed by atoms with van der Waals surface area (Å²) in [4.78, 5) is 14.7. The zero-order valence-corrected chi connectivity index (χ0v) is 31.2. The first kappa shape index (κ1) is 33.5. The molecule has 0 aliphatic heterocycles. The van der Waals surface area contributed by atoms with Crippen LogP contribution < -0.4 is 0 Å². The molecule has 0 amide bonds. The molecule has 1 aliphatic carbocycles. The Labute approximate surface area is 330 Å². The number of hydrogen-bond acceptors (Lipinski definition) is 8. The first-order valence-electron chi connectivity index (χ1n) is 18.8. The maximum absolute atomic E-state index is 11.2. The average Bonchev–Trinajstić information content (AvgIpc) is 3.84. The second kappa shape index (κ2) is 11.8. The SMILES string of the molecule is CC1(C)c2ccccc2-c2cc(-c3nc(-c4c(O)c(O)c(O)c(O)c4O)nc(-n4c5ccccc5c5cc6c7ccccc7n(-c7ccccc7)c6cc54)n3)ccc21. The number of phenols is 5. The van der Waals surface area contributed by atoms with E-state index in [1.165, 1.54) is 5.56 Å². The molecule has 0 unspecified atom stereocenters. The van der Waals surface area contributed by atoms with Crippen LogP contribution in [0.15, 0.2) is 133 Å². The van der Waals surface area contributed by atoms with Gasteiger partial charge >= 0.3 is 0 Å². The van der Waals surface area contributed by atoms with E-state index in [1.54, 1.807) is 0 Å². The minimum atomic E-state index is -1.08. The van der Waals surface area contributed by atoms with Gasteiger partial charge in [0.25, 0.3) is 0 Å². The van der Waals surface area contributed by atoms with Gasteiger partial charge in [0.15, 0.2) is 23.1 Å². The molecule has 3 aromatic heterocycles. The summed E-state index contributed by atoms with van der Waals surface area (Å²) in [5.41, 5.74) is 8.98. The summed E-state index contributed by atoms with van der Waals surface area (Å²) >= 11 is 0. The van der Waals surface area contributed by atoms with E-state index < -0.39 is 34.3 Å². The van der Waals surface area contributed by atoms with E-state index in [1.807, 2.05) is 83.4 Å². The zero-order chi connectivity index (χ0) is 39.6. The highest BCUT2D eigenvalue weighted by Gasteiger charge is 2.36. The molecule has 10 aromatic rings. The molecule has 1 aliphatic rings. The molecule has 0 saturated heterocycles. The third kappa shape index (κ3) is 4.50. The second-order valence-electron chi connectivity index (χ2n) is 15.3.